The molecule has 0 radical (unpaired) electrons. The van der Waals surface area contributed by atoms with E-state index in [9.17, 15) is 4.79 Å². The minimum Gasteiger partial charge on any atom is -0.337 e. The summed E-state index contributed by atoms with van der Waals surface area (Å²) < 4.78 is 0. The van der Waals surface area contributed by atoms with Gasteiger partial charge in [-0.25, -0.2) is 0 Å². The van der Waals surface area contributed by atoms with Crippen LogP contribution in [0.15, 0.2) is 43.0 Å². The average Bonchev–Trinajstić information content (AvgIpc) is 2.99. The fraction of sp³-hybridized carbons (Fsp3) is 0.143. The number of para-hydroxylation sites is 1. The van der Waals surface area contributed by atoms with Crippen LogP contribution in [0.2, 0.25) is 0 Å². The van der Waals surface area contributed by atoms with Gasteiger partial charge in [-0.3, -0.25) is 19.9 Å². The molecule has 2 heterocycles. The van der Waals surface area contributed by atoms with Crippen molar-refractivity contribution in [1.29, 1.82) is 0 Å². The zero-order valence-corrected chi connectivity index (χ0v) is 10.9. The molecule has 6 nitrogen and oxygen atoms in total. The second-order valence-corrected chi connectivity index (χ2v) is 4.50. The Bertz CT molecular complexity index is 733. The Morgan fingerprint density at radius 3 is 2.95 bits per heavy atom. The lowest BCUT2D eigenvalue weighted by Gasteiger charge is -2.16. The van der Waals surface area contributed by atoms with E-state index in [1.165, 1.54) is 0 Å². The van der Waals surface area contributed by atoms with Gasteiger partial charge in [0.1, 0.15) is 5.52 Å². The van der Waals surface area contributed by atoms with Gasteiger partial charge < -0.3 is 4.90 Å². The van der Waals surface area contributed by atoms with Crippen molar-refractivity contribution in [3.63, 3.8) is 0 Å². The average molecular weight is 267 g/mol. The number of fused-ring (bicyclic) bond motifs is 1. The fourth-order valence-corrected chi connectivity index (χ4v) is 2.08. The van der Waals surface area contributed by atoms with Gasteiger partial charge in [-0.15, -0.1) is 0 Å². The molecule has 6 heteroatoms. The number of amides is 1. The largest absolute Gasteiger partial charge is 0.337 e. The number of H-pyrrole nitrogens is 1. The van der Waals surface area contributed by atoms with E-state index >= 15 is 0 Å². The number of carbonyl (C=O) groups excluding carboxylic acids is 1. The highest BCUT2D eigenvalue weighted by atomic mass is 16.2. The van der Waals surface area contributed by atoms with E-state index in [-0.39, 0.29) is 5.91 Å². The third kappa shape index (κ3) is 2.23. The molecule has 0 aliphatic rings. The molecule has 0 bridgehead atoms. The molecule has 0 aliphatic heterocycles. The van der Waals surface area contributed by atoms with E-state index < -0.39 is 0 Å². The topological polar surface area (TPSA) is 74.8 Å². The van der Waals surface area contributed by atoms with E-state index in [1.807, 2.05) is 12.1 Å². The van der Waals surface area contributed by atoms with Gasteiger partial charge in [0.25, 0.3) is 5.91 Å². The van der Waals surface area contributed by atoms with Crippen molar-refractivity contribution < 1.29 is 4.79 Å². The lowest BCUT2D eigenvalue weighted by atomic mass is 10.1. The van der Waals surface area contributed by atoms with Gasteiger partial charge in [0.05, 0.1) is 17.3 Å². The van der Waals surface area contributed by atoms with Gasteiger partial charge in [0.2, 0.25) is 0 Å². The molecule has 0 unspecified atom stereocenters. The van der Waals surface area contributed by atoms with Gasteiger partial charge in [-0.1, -0.05) is 6.07 Å². The first-order valence-electron chi connectivity index (χ1n) is 6.18. The third-order valence-corrected chi connectivity index (χ3v) is 3.05. The zero-order chi connectivity index (χ0) is 13.9. The quantitative estimate of drug-likeness (QED) is 0.782. The Morgan fingerprint density at radius 1 is 1.30 bits per heavy atom. The SMILES string of the molecule is CN(Cc1cn[nH]c1)C(=O)c1cccc2nccnc12. The van der Waals surface area contributed by atoms with Crippen LogP contribution in [0.5, 0.6) is 0 Å². The summed E-state index contributed by atoms with van der Waals surface area (Å²) in [6.07, 6.45) is 6.68. The third-order valence-electron chi connectivity index (χ3n) is 3.05. The van der Waals surface area contributed by atoms with Crippen molar-refractivity contribution in [1.82, 2.24) is 25.1 Å². The fourth-order valence-electron chi connectivity index (χ4n) is 2.08. The predicted octanol–water partition coefficient (Wildman–Crippen LogP) is 1.63. The molecule has 3 rings (SSSR count). The molecule has 0 atom stereocenters. The van der Waals surface area contributed by atoms with E-state index in [2.05, 4.69) is 20.2 Å². The highest BCUT2D eigenvalue weighted by Crippen LogP contribution is 2.16. The highest BCUT2D eigenvalue weighted by molar-refractivity contribution is 6.04. The molecule has 1 aromatic carbocycles. The first kappa shape index (κ1) is 12.3. The molecule has 0 fully saturated rings. The Morgan fingerprint density at radius 2 is 2.15 bits per heavy atom. The number of aromatic nitrogens is 4. The molecule has 1 amide bonds. The van der Waals surface area contributed by atoms with Gasteiger partial charge in [-0.2, -0.15) is 5.10 Å². The lowest BCUT2D eigenvalue weighted by Crippen LogP contribution is -2.26. The van der Waals surface area contributed by atoms with Crippen LogP contribution in [0.25, 0.3) is 11.0 Å². The first-order chi connectivity index (χ1) is 9.75. The molecule has 100 valence electrons. The summed E-state index contributed by atoms with van der Waals surface area (Å²) in [7, 11) is 1.75. The molecule has 0 spiro atoms. The summed E-state index contributed by atoms with van der Waals surface area (Å²) in [6, 6.07) is 5.43. The zero-order valence-electron chi connectivity index (χ0n) is 10.9. The Balaban J connectivity index is 1.92. The highest BCUT2D eigenvalue weighted by Gasteiger charge is 2.16. The normalized spacial score (nSPS) is 10.7. The Labute approximate surface area is 115 Å². The summed E-state index contributed by atoms with van der Waals surface area (Å²) in [4.78, 5) is 22.6. The van der Waals surface area contributed by atoms with Crippen molar-refractivity contribution in [2.45, 2.75) is 6.54 Å². The van der Waals surface area contributed by atoms with Crippen molar-refractivity contribution in [3.05, 3.63) is 54.1 Å². The monoisotopic (exact) mass is 267 g/mol. The van der Waals surface area contributed by atoms with Crippen LogP contribution >= 0.6 is 0 Å². The molecule has 3 aromatic rings. The van der Waals surface area contributed by atoms with Crippen LogP contribution in [0.3, 0.4) is 0 Å². The molecule has 20 heavy (non-hydrogen) atoms. The summed E-state index contributed by atoms with van der Waals surface area (Å²) in [5.41, 5.74) is 2.85. The number of nitrogens with zero attached hydrogens (tertiary/aromatic N) is 4. The van der Waals surface area contributed by atoms with Gasteiger partial charge in [0, 0.05) is 37.7 Å². The second kappa shape index (κ2) is 5.08. The summed E-state index contributed by atoms with van der Waals surface area (Å²) in [5.74, 6) is -0.0858. The molecule has 1 N–H and O–H groups in total. The number of aromatic amines is 1. The Kier molecular flexibility index (Phi) is 3.12. The van der Waals surface area contributed by atoms with Crippen LogP contribution in [-0.2, 0) is 6.54 Å². The summed E-state index contributed by atoms with van der Waals surface area (Å²) >= 11 is 0. The lowest BCUT2D eigenvalue weighted by molar-refractivity contribution is 0.0787. The standard InChI is InChI=1S/C14H13N5O/c1-19(9-10-7-17-18-8-10)14(20)11-3-2-4-12-13(11)16-6-5-15-12/h2-8H,9H2,1H3,(H,17,18). The van der Waals surface area contributed by atoms with Crippen molar-refractivity contribution >= 4 is 16.9 Å². The maximum atomic E-state index is 12.5. The number of hydrogen-bond donors (Lipinski definition) is 1. The molecular weight excluding hydrogens is 254 g/mol. The van der Waals surface area contributed by atoms with Gasteiger partial charge in [-0.05, 0) is 12.1 Å². The molecular formula is C14H13N5O. The van der Waals surface area contributed by atoms with E-state index in [0.717, 1.165) is 11.1 Å². The van der Waals surface area contributed by atoms with Crippen LogP contribution in [0.4, 0.5) is 0 Å². The summed E-state index contributed by atoms with van der Waals surface area (Å²) in [5, 5.41) is 6.61. The molecule has 0 saturated carbocycles. The number of hydrogen-bond acceptors (Lipinski definition) is 4. The minimum absolute atomic E-state index is 0.0858. The number of rotatable bonds is 3. The second-order valence-electron chi connectivity index (χ2n) is 4.50. The van der Waals surface area contributed by atoms with Gasteiger partial charge >= 0.3 is 0 Å². The smallest absolute Gasteiger partial charge is 0.256 e. The maximum absolute atomic E-state index is 12.5. The van der Waals surface area contributed by atoms with Crippen molar-refractivity contribution in [2.24, 2.45) is 0 Å². The van der Waals surface area contributed by atoms with Crippen LogP contribution in [0, 0.1) is 0 Å². The molecule has 0 aliphatic carbocycles. The number of benzene rings is 1. The number of nitrogens with one attached hydrogen (secondary N) is 1. The van der Waals surface area contributed by atoms with Gasteiger partial charge in [0.15, 0.2) is 0 Å². The Hall–Kier alpha value is -2.76. The van der Waals surface area contributed by atoms with E-state index in [4.69, 9.17) is 0 Å². The summed E-state index contributed by atoms with van der Waals surface area (Å²) in [6.45, 7) is 0.492. The van der Waals surface area contributed by atoms with Crippen LogP contribution in [0.1, 0.15) is 15.9 Å². The molecule has 0 saturated heterocycles. The number of carbonyl (C=O) groups is 1. The maximum Gasteiger partial charge on any atom is 0.256 e. The van der Waals surface area contributed by atoms with E-state index in [0.29, 0.717) is 17.6 Å². The minimum atomic E-state index is -0.0858. The predicted molar refractivity (Wildman–Crippen MR) is 73.9 cm³/mol. The van der Waals surface area contributed by atoms with Crippen LogP contribution < -0.4 is 0 Å². The van der Waals surface area contributed by atoms with Crippen molar-refractivity contribution in [3.8, 4) is 0 Å². The van der Waals surface area contributed by atoms with Crippen LogP contribution in [-0.4, -0.2) is 38.0 Å². The molecule has 2 aromatic heterocycles. The van der Waals surface area contributed by atoms with E-state index in [1.54, 1.807) is 42.8 Å². The van der Waals surface area contributed by atoms with Crippen molar-refractivity contribution in [2.75, 3.05) is 7.05 Å². The first-order valence-corrected chi connectivity index (χ1v) is 6.18.